The smallest absolute Gasteiger partial charge is 0.170 e. The first kappa shape index (κ1) is 27.5. The van der Waals surface area contributed by atoms with Gasteiger partial charge in [0.2, 0.25) is 0 Å². The SMILES string of the molecule is FC(F)(F)C(/C=C/CC(C(F)(F)F)(C(F)(F)F)C(F)(F)F)(C(F)(F)F)C(F)(F)F. The van der Waals surface area contributed by atoms with Crippen LogP contribution in [0.4, 0.5) is 79.0 Å². The second-order valence-corrected chi connectivity index (χ2v) is 5.31. The van der Waals surface area contributed by atoms with Crippen LogP contribution in [0.1, 0.15) is 6.42 Å². The summed E-state index contributed by atoms with van der Waals surface area (Å²) < 4.78 is 226. The molecule has 18 heteroatoms. The molecule has 0 amide bonds. The van der Waals surface area contributed by atoms with Gasteiger partial charge in [0.1, 0.15) is 0 Å². The van der Waals surface area contributed by atoms with Gasteiger partial charge in [0, 0.05) is 0 Å². The summed E-state index contributed by atoms with van der Waals surface area (Å²) in [5.41, 5.74) is -14.0. The van der Waals surface area contributed by atoms with E-state index in [-0.39, 0.29) is 0 Å². The molecule has 0 bridgehead atoms. The van der Waals surface area contributed by atoms with Crippen molar-refractivity contribution < 1.29 is 79.0 Å². The molecule has 0 aromatic rings. The van der Waals surface area contributed by atoms with Crippen molar-refractivity contribution in [3.63, 3.8) is 0 Å². The van der Waals surface area contributed by atoms with Crippen molar-refractivity contribution in [1.29, 1.82) is 0 Å². The zero-order valence-corrected chi connectivity index (χ0v) is 12.7. The summed E-state index contributed by atoms with van der Waals surface area (Å²) in [4.78, 5) is 0. The Labute approximate surface area is 147 Å². The van der Waals surface area contributed by atoms with Gasteiger partial charge >= 0.3 is 37.1 Å². The van der Waals surface area contributed by atoms with E-state index in [2.05, 4.69) is 0 Å². The quantitative estimate of drug-likeness (QED) is 0.296. The van der Waals surface area contributed by atoms with Crippen LogP contribution in [0.2, 0.25) is 0 Å². The average Bonchev–Trinajstić information content (AvgIpc) is 2.27. The maximum atomic E-state index is 12.5. The third kappa shape index (κ3) is 4.34. The van der Waals surface area contributed by atoms with E-state index in [1.165, 1.54) is 0 Å². The Hall–Kier alpha value is -1.52. The highest BCUT2D eigenvalue weighted by Gasteiger charge is 2.84. The van der Waals surface area contributed by atoms with Gasteiger partial charge in [-0.1, -0.05) is 12.2 Å². The molecule has 0 saturated carbocycles. The molecular formula is C11H4F18. The van der Waals surface area contributed by atoms with E-state index in [0.717, 1.165) is 0 Å². The molecule has 0 heterocycles. The Balaban J connectivity index is 6.86. The second-order valence-electron chi connectivity index (χ2n) is 5.31. The molecule has 0 N–H and O–H groups in total. The molecule has 0 spiro atoms. The molecular weight excluding hydrogens is 474 g/mol. The van der Waals surface area contributed by atoms with Crippen molar-refractivity contribution >= 4 is 0 Å². The molecule has 0 nitrogen and oxygen atoms in total. The van der Waals surface area contributed by atoms with E-state index in [1.54, 1.807) is 0 Å². The van der Waals surface area contributed by atoms with Crippen LogP contribution in [0.3, 0.4) is 0 Å². The topological polar surface area (TPSA) is 0 Å². The number of allylic oxidation sites excluding steroid dienone is 2. The minimum Gasteiger partial charge on any atom is -0.170 e. The maximum absolute atomic E-state index is 12.5. The summed E-state index contributed by atoms with van der Waals surface area (Å²) in [5.74, 6) is 0. The molecule has 0 rings (SSSR count). The predicted octanol–water partition coefficient (Wildman–Crippen LogP) is 7.28. The van der Waals surface area contributed by atoms with Crippen LogP contribution in [-0.2, 0) is 0 Å². The molecule has 0 aliphatic carbocycles. The molecule has 0 radical (unpaired) electrons. The second kappa shape index (κ2) is 7.02. The highest BCUT2D eigenvalue weighted by molar-refractivity contribution is 5.15. The highest BCUT2D eigenvalue weighted by atomic mass is 19.4. The molecule has 0 aromatic heterocycles. The van der Waals surface area contributed by atoms with Crippen molar-refractivity contribution in [1.82, 2.24) is 0 Å². The lowest BCUT2D eigenvalue weighted by Gasteiger charge is -2.39. The van der Waals surface area contributed by atoms with E-state index in [0.29, 0.717) is 0 Å². The van der Waals surface area contributed by atoms with Gasteiger partial charge < -0.3 is 0 Å². The number of hydrogen-bond donors (Lipinski definition) is 0. The van der Waals surface area contributed by atoms with Gasteiger partial charge in [-0.2, -0.15) is 79.0 Å². The fourth-order valence-corrected chi connectivity index (χ4v) is 2.01. The molecule has 29 heavy (non-hydrogen) atoms. The predicted molar refractivity (Wildman–Crippen MR) is 55.0 cm³/mol. The summed E-state index contributed by atoms with van der Waals surface area (Å²) in [6.07, 6.45) is -52.3. The standard InChI is InChI=1S/C11H4F18/c12-6(13,14)4(7(15,16)17,8(18,19)20)2-1-3-5(9(21,22)23,10(24,25)26)11(27,28)29/h1-2H,3H2/b2-1+. The summed E-state index contributed by atoms with van der Waals surface area (Å²) in [6, 6.07) is 0. The molecule has 0 unspecified atom stereocenters. The van der Waals surface area contributed by atoms with Crippen LogP contribution in [0.15, 0.2) is 12.2 Å². The Kier molecular flexibility index (Phi) is 6.65. The van der Waals surface area contributed by atoms with Gasteiger partial charge in [-0.3, -0.25) is 0 Å². The Morgan fingerprint density at radius 3 is 0.793 bits per heavy atom. The first-order chi connectivity index (χ1) is 12.2. The van der Waals surface area contributed by atoms with E-state index in [1.807, 2.05) is 0 Å². The van der Waals surface area contributed by atoms with E-state index in [9.17, 15) is 79.0 Å². The Morgan fingerprint density at radius 1 is 0.379 bits per heavy atom. The van der Waals surface area contributed by atoms with Crippen LogP contribution < -0.4 is 0 Å². The molecule has 0 aromatic carbocycles. The Morgan fingerprint density at radius 2 is 0.621 bits per heavy atom. The van der Waals surface area contributed by atoms with Gasteiger partial charge in [0.05, 0.1) is 0 Å². The van der Waals surface area contributed by atoms with Crippen molar-refractivity contribution in [3.8, 4) is 0 Å². The average molecular weight is 478 g/mol. The van der Waals surface area contributed by atoms with Gasteiger partial charge in [-0.05, 0) is 6.42 Å². The molecule has 174 valence electrons. The summed E-state index contributed by atoms with van der Waals surface area (Å²) in [6.45, 7) is 0. The van der Waals surface area contributed by atoms with Crippen molar-refractivity contribution in [2.75, 3.05) is 0 Å². The third-order valence-corrected chi connectivity index (χ3v) is 3.59. The maximum Gasteiger partial charge on any atom is 0.415 e. The van der Waals surface area contributed by atoms with Gasteiger partial charge in [0.15, 0.2) is 0 Å². The lowest BCUT2D eigenvalue weighted by atomic mass is 9.79. The zero-order chi connectivity index (χ0) is 24.1. The summed E-state index contributed by atoms with van der Waals surface area (Å²) in [7, 11) is 0. The largest absolute Gasteiger partial charge is 0.415 e. The van der Waals surface area contributed by atoms with Crippen LogP contribution in [-0.4, -0.2) is 37.1 Å². The molecule has 0 aliphatic heterocycles. The minimum atomic E-state index is -7.43. The third-order valence-electron chi connectivity index (χ3n) is 3.59. The molecule has 0 saturated heterocycles. The lowest BCUT2D eigenvalue weighted by Crippen LogP contribution is -2.60. The number of alkyl halides is 18. The van der Waals surface area contributed by atoms with E-state index in [4.69, 9.17) is 0 Å². The van der Waals surface area contributed by atoms with Crippen molar-refractivity contribution in [2.24, 2.45) is 10.8 Å². The van der Waals surface area contributed by atoms with Crippen LogP contribution >= 0.6 is 0 Å². The highest BCUT2D eigenvalue weighted by Crippen LogP contribution is 2.63. The zero-order valence-electron chi connectivity index (χ0n) is 12.7. The van der Waals surface area contributed by atoms with Crippen LogP contribution in [0, 0.1) is 10.8 Å². The number of hydrogen-bond acceptors (Lipinski definition) is 0. The van der Waals surface area contributed by atoms with Gasteiger partial charge in [-0.25, -0.2) is 0 Å². The fourth-order valence-electron chi connectivity index (χ4n) is 2.01. The molecule has 0 fully saturated rings. The minimum absolute atomic E-state index is 1.75. The van der Waals surface area contributed by atoms with Crippen molar-refractivity contribution in [2.45, 2.75) is 43.5 Å². The summed E-state index contributed by atoms with van der Waals surface area (Å²) >= 11 is 0. The summed E-state index contributed by atoms with van der Waals surface area (Å²) in [5, 5.41) is 0. The molecule has 0 aliphatic rings. The lowest BCUT2D eigenvalue weighted by molar-refractivity contribution is -0.425. The molecule has 0 atom stereocenters. The first-order valence-corrected chi connectivity index (χ1v) is 6.29. The van der Waals surface area contributed by atoms with E-state index < -0.39 is 66.5 Å². The van der Waals surface area contributed by atoms with E-state index >= 15 is 0 Å². The number of halogens is 18. The normalized spacial score (nSPS) is 16.6. The van der Waals surface area contributed by atoms with Gasteiger partial charge in [-0.15, -0.1) is 0 Å². The fraction of sp³-hybridized carbons (Fsp3) is 0.818. The first-order valence-electron chi connectivity index (χ1n) is 6.29. The van der Waals surface area contributed by atoms with Crippen molar-refractivity contribution in [3.05, 3.63) is 12.2 Å². The van der Waals surface area contributed by atoms with Crippen LogP contribution in [0.25, 0.3) is 0 Å². The van der Waals surface area contributed by atoms with Crippen LogP contribution in [0.5, 0.6) is 0 Å². The number of rotatable bonds is 3. The monoisotopic (exact) mass is 478 g/mol. The van der Waals surface area contributed by atoms with Gasteiger partial charge in [0.25, 0.3) is 10.8 Å². The Bertz CT molecular complexity index is 512.